The molecular weight excluding hydrogens is 293 g/mol. The van der Waals surface area contributed by atoms with Gasteiger partial charge in [-0.15, -0.1) is 5.10 Å². The van der Waals surface area contributed by atoms with Crippen LogP contribution in [0.15, 0.2) is 36.5 Å². The maximum absolute atomic E-state index is 12.6. The van der Waals surface area contributed by atoms with Gasteiger partial charge in [-0.1, -0.05) is 28.9 Å². The number of rotatable bonds is 1. The van der Waals surface area contributed by atoms with E-state index in [1.165, 1.54) is 4.68 Å². The quantitative estimate of drug-likeness (QED) is 0.691. The van der Waals surface area contributed by atoms with Crippen molar-refractivity contribution >= 4 is 22.6 Å². The molecular formula is C12H6ClF3N4. The van der Waals surface area contributed by atoms with Crippen LogP contribution in [0.5, 0.6) is 0 Å². The van der Waals surface area contributed by atoms with Crippen molar-refractivity contribution in [2.75, 3.05) is 0 Å². The number of fused-ring (bicyclic) bond motifs is 1. The fraction of sp³-hybridized carbons (Fsp3) is 0.0833. The number of nitrogens with zero attached hydrogens (tertiary/aromatic N) is 4. The minimum atomic E-state index is -4.49. The highest BCUT2D eigenvalue weighted by atomic mass is 35.5. The van der Waals surface area contributed by atoms with Crippen LogP contribution in [-0.4, -0.2) is 20.0 Å². The van der Waals surface area contributed by atoms with Gasteiger partial charge in [-0.25, -0.2) is 4.98 Å². The Morgan fingerprint density at radius 1 is 1.15 bits per heavy atom. The number of halogens is 4. The topological polar surface area (TPSA) is 43.6 Å². The van der Waals surface area contributed by atoms with Crippen LogP contribution in [-0.2, 0) is 6.18 Å². The molecule has 0 saturated heterocycles. The lowest BCUT2D eigenvalue weighted by atomic mass is 10.2. The van der Waals surface area contributed by atoms with Crippen molar-refractivity contribution in [2.45, 2.75) is 6.18 Å². The first-order valence-corrected chi connectivity index (χ1v) is 5.88. The Morgan fingerprint density at radius 2 is 1.90 bits per heavy atom. The van der Waals surface area contributed by atoms with E-state index in [-0.39, 0.29) is 10.8 Å². The first kappa shape index (κ1) is 12.9. The predicted octanol–water partition coefficient (Wildman–Crippen LogP) is 3.49. The molecule has 0 aliphatic rings. The molecule has 0 radical (unpaired) electrons. The van der Waals surface area contributed by atoms with Gasteiger partial charge in [0.1, 0.15) is 5.52 Å². The van der Waals surface area contributed by atoms with Gasteiger partial charge >= 0.3 is 6.18 Å². The maximum atomic E-state index is 12.6. The molecule has 0 bridgehead atoms. The summed E-state index contributed by atoms with van der Waals surface area (Å²) < 4.78 is 39.0. The average Bonchev–Trinajstić information content (AvgIpc) is 2.81. The van der Waals surface area contributed by atoms with Crippen molar-refractivity contribution in [3.63, 3.8) is 0 Å². The SMILES string of the molecule is FC(F)(F)c1cnc(-n2nnc3ccccc32)c(Cl)c1. The third kappa shape index (κ3) is 2.09. The summed E-state index contributed by atoms with van der Waals surface area (Å²) in [5, 5.41) is 7.61. The third-order valence-electron chi connectivity index (χ3n) is 2.70. The first-order valence-electron chi connectivity index (χ1n) is 5.50. The van der Waals surface area contributed by atoms with Gasteiger partial charge in [-0.05, 0) is 18.2 Å². The summed E-state index contributed by atoms with van der Waals surface area (Å²) in [7, 11) is 0. The number of hydrogen-bond acceptors (Lipinski definition) is 3. The molecule has 0 saturated carbocycles. The number of pyridine rings is 1. The lowest BCUT2D eigenvalue weighted by Crippen LogP contribution is -2.08. The monoisotopic (exact) mass is 298 g/mol. The van der Waals surface area contributed by atoms with E-state index in [4.69, 9.17) is 11.6 Å². The molecule has 0 aliphatic heterocycles. The van der Waals surface area contributed by atoms with Gasteiger partial charge in [0.2, 0.25) is 0 Å². The minimum absolute atomic E-state index is 0.105. The molecule has 8 heteroatoms. The molecule has 20 heavy (non-hydrogen) atoms. The van der Waals surface area contributed by atoms with E-state index in [1.807, 2.05) is 0 Å². The molecule has 0 unspecified atom stereocenters. The number of para-hydroxylation sites is 1. The van der Waals surface area contributed by atoms with E-state index >= 15 is 0 Å². The number of alkyl halides is 3. The van der Waals surface area contributed by atoms with Crippen molar-refractivity contribution in [1.82, 2.24) is 20.0 Å². The van der Waals surface area contributed by atoms with Gasteiger partial charge in [0.15, 0.2) is 5.82 Å². The lowest BCUT2D eigenvalue weighted by molar-refractivity contribution is -0.137. The van der Waals surface area contributed by atoms with E-state index in [0.717, 1.165) is 12.3 Å². The zero-order valence-corrected chi connectivity index (χ0v) is 10.5. The van der Waals surface area contributed by atoms with Crippen LogP contribution in [0.3, 0.4) is 0 Å². The van der Waals surface area contributed by atoms with Crippen molar-refractivity contribution in [3.8, 4) is 5.82 Å². The maximum Gasteiger partial charge on any atom is 0.417 e. The van der Waals surface area contributed by atoms with Crippen LogP contribution in [0.2, 0.25) is 5.02 Å². The summed E-state index contributed by atoms with van der Waals surface area (Å²) in [5.74, 6) is 0.105. The highest BCUT2D eigenvalue weighted by Crippen LogP contribution is 2.32. The summed E-state index contributed by atoms with van der Waals surface area (Å²) in [6, 6.07) is 7.82. The molecule has 0 aliphatic carbocycles. The third-order valence-corrected chi connectivity index (χ3v) is 2.98. The van der Waals surface area contributed by atoms with Crippen LogP contribution in [0.1, 0.15) is 5.56 Å². The fourth-order valence-electron chi connectivity index (χ4n) is 1.77. The lowest BCUT2D eigenvalue weighted by Gasteiger charge is -2.09. The first-order chi connectivity index (χ1) is 9.47. The minimum Gasteiger partial charge on any atom is -0.235 e. The molecule has 0 atom stereocenters. The zero-order valence-electron chi connectivity index (χ0n) is 9.76. The van der Waals surface area contributed by atoms with Gasteiger partial charge in [-0.3, -0.25) is 0 Å². The normalized spacial score (nSPS) is 12.0. The molecule has 4 nitrogen and oxygen atoms in total. The Balaban J connectivity index is 2.16. The second kappa shape index (κ2) is 4.45. The molecule has 2 aromatic heterocycles. The summed E-state index contributed by atoms with van der Waals surface area (Å²) in [6.07, 6.45) is -3.77. The van der Waals surface area contributed by atoms with Crippen LogP contribution < -0.4 is 0 Å². The van der Waals surface area contributed by atoms with Crippen LogP contribution in [0, 0.1) is 0 Å². The highest BCUT2D eigenvalue weighted by Gasteiger charge is 2.31. The standard InChI is InChI=1S/C12H6ClF3N4/c13-8-5-7(12(14,15)16)6-17-11(8)20-10-4-2-1-3-9(10)18-19-20/h1-6H. The van der Waals surface area contributed by atoms with Gasteiger partial charge < -0.3 is 0 Å². The number of hydrogen-bond donors (Lipinski definition) is 0. The van der Waals surface area contributed by atoms with Gasteiger partial charge in [0.05, 0.1) is 16.1 Å². The molecule has 1 aromatic carbocycles. The molecule has 102 valence electrons. The second-order valence-electron chi connectivity index (χ2n) is 4.02. The van der Waals surface area contributed by atoms with E-state index in [0.29, 0.717) is 11.0 Å². The van der Waals surface area contributed by atoms with E-state index < -0.39 is 11.7 Å². The molecule has 2 heterocycles. The summed E-state index contributed by atoms with van der Waals surface area (Å²) >= 11 is 5.88. The van der Waals surface area contributed by atoms with Crippen molar-refractivity contribution in [2.24, 2.45) is 0 Å². The van der Waals surface area contributed by atoms with E-state index in [1.54, 1.807) is 24.3 Å². The van der Waals surface area contributed by atoms with Crippen molar-refractivity contribution in [1.29, 1.82) is 0 Å². The Hall–Kier alpha value is -2.15. The fourth-order valence-corrected chi connectivity index (χ4v) is 2.01. The summed E-state index contributed by atoms with van der Waals surface area (Å²) in [4.78, 5) is 3.75. The summed E-state index contributed by atoms with van der Waals surface area (Å²) in [6.45, 7) is 0. The van der Waals surface area contributed by atoms with Crippen LogP contribution in [0.4, 0.5) is 13.2 Å². The summed E-state index contributed by atoms with van der Waals surface area (Å²) in [5.41, 5.74) is 0.308. The molecule has 0 N–H and O–H groups in total. The predicted molar refractivity (Wildman–Crippen MR) is 66.7 cm³/mol. The number of aromatic nitrogens is 4. The van der Waals surface area contributed by atoms with E-state index in [2.05, 4.69) is 15.3 Å². The molecule has 0 fully saturated rings. The molecule has 0 amide bonds. The Kier molecular flexibility index (Phi) is 2.86. The van der Waals surface area contributed by atoms with Gasteiger partial charge in [-0.2, -0.15) is 17.9 Å². The molecule has 3 aromatic rings. The van der Waals surface area contributed by atoms with Crippen LogP contribution in [0.25, 0.3) is 16.9 Å². The number of benzene rings is 1. The van der Waals surface area contributed by atoms with Crippen molar-refractivity contribution < 1.29 is 13.2 Å². The zero-order chi connectivity index (χ0) is 14.3. The van der Waals surface area contributed by atoms with Crippen LogP contribution >= 0.6 is 11.6 Å². The Labute approximate surface area is 115 Å². The second-order valence-corrected chi connectivity index (χ2v) is 4.42. The Bertz CT molecular complexity index is 782. The van der Waals surface area contributed by atoms with E-state index in [9.17, 15) is 13.2 Å². The van der Waals surface area contributed by atoms with Gasteiger partial charge in [0.25, 0.3) is 0 Å². The average molecular weight is 299 g/mol. The molecule has 0 spiro atoms. The van der Waals surface area contributed by atoms with Gasteiger partial charge in [0, 0.05) is 6.20 Å². The Morgan fingerprint density at radius 3 is 2.60 bits per heavy atom. The smallest absolute Gasteiger partial charge is 0.235 e. The largest absolute Gasteiger partial charge is 0.417 e. The van der Waals surface area contributed by atoms with Crippen molar-refractivity contribution in [3.05, 3.63) is 47.1 Å². The highest BCUT2D eigenvalue weighted by molar-refractivity contribution is 6.32. The molecule has 3 rings (SSSR count).